The molecule has 3 fully saturated rings. The van der Waals surface area contributed by atoms with Crippen molar-refractivity contribution in [3.63, 3.8) is 0 Å². The van der Waals surface area contributed by atoms with Crippen LogP contribution in [0, 0.1) is 27.7 Å². The maximum absolute atomic E-state index is 13.2. The average molecular weight is 489 g/mol. The van der Waals surface area contributed by atoms with Gasteiger partial charge >= 0.3 is 0 Å². The zero-order chi connectivity index (χ0) is 25.7. The minimum atomic E-state index is -0.491. The number of aryl methyl sites for hydroxylation is 4. The molecule has 2 aromatic carbocycles. The Morgan fingerprint density at radius 3 is 1.25 bits per heavy atom. The van der Waals surface area contributed by atoms with Crippen molar-refractivity contribution in [1.82, 2.24) is 9.80 Å². The van der Waals surface area contributed by atoms with Crippen LogP contribution in [0.25, 0.3) is 0 Å². The van der Waals surface area contributed by atoms with E-state index >= 15 is 0 Å². The summed E-state index contributed by atoms with van der Waals surface area (Å²) >= 11 is 0. The zero-order valence-corrected chi connectivity index (χ0v) is 21.3. The van der Waals surface area contributed by atoms with Crippen molar-refractivity contribution in [2.45, 2.75) is 52.6 Å². The lowest BCUT2D eigenvalue weighted by molar-refractivity contribution is -0.126. The topological polar surface area (TPSA) is 81.2 Å². The van der Waals surface area contributed by atoms with E-state index in [1.54, 1.807) is 0 Å². The van der Waals surface area contributed by atoms with Gasteiger partial charge in [0.05, 0.1) is 36.3 Å². The van der Waals surface area contributed by atoms with E-state index in [0.717, 1.165) is 22.3 Å². The molecule has 3 aliphatic rings. The number of hydrogen-bond donors (Lipinski definition) is 0. The molecule has 8 heteroatoms. The van der Waals surface area contributed by atoms with Crippen LogP contribution < -0.4 is 9.80 Å². The number of hydrogen-bond acceptors (Lipinski definition) is 6. The van der Waals surface area contributed by atoms with E-state index in [1.165, 1.54) is 9.80 Å². The molecule has 2 aromatic rings. The highest BCUT2D eigenvalue weighted by Gasteiger charge is 2.46. The fourth-order valence-electron chi connectivity index (χ4n) is 5.43. The van der Waals surface area contributed by atoms with Crippen LogP contribution in [0.5, 0.6) is 0 Å². The summed E-state index contributed by atoms with van der Waals surface area (Å²) in [5, 5.41) is 0. The van der Waals surface area contributed by atoms with Gasteiger partial charge in [-0.2, -0.15) is 0 Å². The van der Waals surface area contributed by atoms with Gasteiger partial charge in [0.1, 0.15) is 0 Å². The lowest BCUT2D eigenvalue weighted by atomic mass is 10.1. The summed E-state index contributed by atoms with van der Waals surface area (Å²) in [6.07, 6.45) is 0.320. The number of carbonyl (C=O) groups is 4. The van der Waals surface area contributed by atoms with E-state index in [-0.39, 0.29) is 36.5 Å². The van der Waals surface area contributed by atoms with Gasteiger partial charge in [-0.1, -0.05) is 12.1 Å². The van der Waals surface area contributed by atoms with Crippen LogP contribution in [-0.4, -0.2) is 71.7 Å². The third-order valence-corrected chi connectivity index (χ3v) is 7.97. The highest BCUT2D eigenvalue weighted by molar-refractivity contribution is 6.23. The Hall–Kier alpha value is -3.36. The van der Waals surface area contributed by atoms with E-state index < -0.39 is 12.1 Å². The first-order valence-corrected chi connectivity index (χ1v) is 12.5. The summed E-state index contributed by atoms with van der Waals surface area (Å²) in [6.45, 7) is 10.2. The Morgan fingerprint density at radius 1 is 0.556 bits per heavy atom. The van der Waals surface area contributed by atoms with Crippen molar-refractivity contribution >= 4 is 35.0 Å². The van der Waals surface area contributed by atoms with Crippen molar-refractivity contribution in [3.05, 3.63) is 58.7 Å². The summed E-state index contributed by atoms with van der Waals surface area (Å²) in [5.41, 5.74) is 5.54. The van der Waals surface area contributed by atoms with Gasteiger partial charge in [-0.05, 0) is 74.2 Å². The fraction of sp³-hybridized carbons (Fsp3) is 0.429. The first kappa shape index (κ1) is 24.3. The van der Waals surface area contributed by atoms with Crippen LogP contribution in [0.1, 0.15) is 35.1 Å². The molecule has 0 aromatic heterocycles. The third kappa shape index (κ3) is 4.14. The van der Waals surface area contributed by atoms with Crippen LogP contribution in [0.4, 0.5) is 11.4 Å². The molecule has 0 N–H and O–H groups in total. The first-order valence-electron chi connectivity index (χ1n) is 12.5. The number of piperazine rings is 1. The van der Waals surface area contributed by atoms with Gasteiger partial charge < -0.3 is 0 Å². The smallest absolute Gasteiger partial charge is 0.251 e. The molecule has 0 bridgehead atoms. The predicted octanol–water partition coefficient (Wildman–Crippen LogP) is 2.50. The van der Waals surface area contributed by atoms with Gasteiger partial charge in [0.15, 0.2) is 0 Å². The van der Waals surface area contributed by atoms with Gasteiger partial charge in [-0.25, -0.2) is 9.80 Å². The Kier molecular flexibility index (Phi) is 6.26. The molecule has 3 aliphatic heterocycles. The Morgan fingerprint density at radius 2 is 0.917 bits per heavy atom. The molecule has 36 heavy (non-hydrogen) atoms. The molecule has 3 saturated heterocycles. The molecule has 8 nitrogen and oxygen atoms in total. The molecule has 4 amide bonds. The molecule has 3 heterocycles. The molecule has 188 valence electrons. The quantitative estimate of drug-likeness (QED) is 0.616. The lowest BCUT2D eigenvalue weighted by Gasteiger charge is -2.38. The van der Waals surface area contributed by atoms with Gasteiger partial charge in [-0.15, -0.1) is 0 Å². The Bertz CT molecular complexity index is 1170. The minimum absolute atomic E-state index is 0.160. The number of anilines is 2. The van der Waals surface area contributed by atoms with Crippen molar-refractivity contribution in [2.24, 2.45) is 0 Å². The van der Waals surface area contributed by atoms with Crippen LogP contribution in [-0.2, 0) is 19.2 Å². The van der Waals surface area contributed by atoms with E-state index in [0.29, 0.717) is 37.6 Å². The number of nitrogens with zero attached hydrogens (tertiary/aromatic N) is 4. The molecule has 0 unspecified atom stereocenters. The van der Waals surface area contributed by atoms with E-state index in [2.05, 4.69) is 0 Å². The van der Waals surface area contributed by atoms with Crippen molar-refractivity contribution < 1.29 is 19.2 Å². The van der Waals surface area contributed by atoms with Crippen LogP contribution in [0.15, 0.2) is 36.4 Å². The van der Waals surface area contributed by atoms with Gasteiger partial charge in [-0.3, -0.25) is 29.0 Å². The summed E-state index contributed by atoms with van der Waals surface area (Å²) in [6, 6.07) is 10.3. The van der Waals surface area contributed by atoms with E-state index in [4.69, 9.17) is 0 Å². The van der Waals surface area contributed by atoms with Crippen molar-refractivity contribution in [3.8, 4) is 0 Å². The molecule has 0 spiro atoms. The van der Waals surface area contributed by atoms with E-state index in [9.17, 15) is 19.2 Å². The summed E-state index contributed by atoms with van der Waals surface area (Å²) in [4.78, 5) is 58.7. The zero-order valence-electron chi connectivity index (χ0n) is 21.3. The highest BCUT2D eigenvalue weighted by Crippen LogP contribution is 2.30. The second kappa shape index (κ2) is 9.26. The molecular weight excluding hydrogens is 456 g/mol. The fourth-order valence-corrected chi connectivity index (χ4v) is 5.43. The standard InChI is InChI=1S/C28H32N4O4/c1-17-5-7-21(13-19(17)3)31-25(33)15-23(27(31)35)29-9-11-30(12-10-29)24-16-26(34)32(28(24)36)22-8-6-18(2)20(4)14-22/h5-8,13-14,23-24H,9-12,15-16H2,1-4H3/t23-,24-/m1/s1. The van der Waals surface area contributed by atoms with Gasteiger partial charge in [0, 0.05) is 26.2 Å². The Balaban J connectivity index is 1.24. The molecule has 0 aliphatic carbocycles. The monoisotopic (exact) mass is 488 g/mol. The van der Waals surface area contributed by atoms with Crippen molar-refractivity contribution in [1.29, 1.82) is 0 Å². The van der Waals surface area contributed by atoms with Crippen LogP contribution in [0.2, 0.25) is 0 Å². The van der Waals surface area contributed by atoms with E-state index in [1.807, 2.05) is 73.9 Å². The second-order valence-electron chi connectivity index (χ2n) is 10.2. The molecular formula is C28H32N4O4. The van der Waals surface area contributed by atoms with Crippen molar-refractivity contribution in [2.75, 3.05) is 36.0 Å². The third-order valence-electron chi connectivity index (χ3n) is 7.97. The minimum Gasteiger partial charge on any atom is -0.289 e. The number of benzene rings is 2. The lowest BCUT2D eigenvalue weighted by Crippen LogP contribution is -2.56. The number of rotatable bonds is 4. The second-order valence-corrected chi connectivity index (χ2v) is 10.2. The first-order chi connectivity index (χ1) is 17.2. The summed E-state index contributed by atoms with van der Waals surface area (Å²) in [7, 11) is 0. The maximum Gasteiger partial charge on any atom is 0.251 e. The predicted molar refractivity (Wildman–Crippen MR) is 137 cm³/mol. The van der Waals surface area contributed by atoms with Crippen LogP contribution in [0.3, 0.4) is 0 Å². The molecule has 0 saturated carbocycles. The molecule has 5 rings (SSSR count). The highest BCUT2D eigenvalue weighted by atomic mass is 16.2. The SMILES string of the molecule is Cc1ccc(N2C(=O)C[C@@H](N3CCN([C@@H]4CC(=O)N(c5ccc(C)c(C)c5)C4=O)CC3)C2=O)cc1C. The van der Waals surface area contributed by atoms with Gasteiger partial charge in [0.25, 0.3) is 11.8 Å². The maximum atomic E-state index is 13.2. The van der Waals surface area contributed by atoms with Crippen LogP contribution >= 0.6 is 0 Å². The number of amides is 4. The molecule has 2 atom stereocenters. The summed E-state index contributed by atoms with van der Waals surface area (Å²) in [5.74, 6) is -0.748. The van der Waals surface area contributed by atoms with Gasteiger partial charge in [0.2, 0.25) is 11.8 Å². The Labute approximate surface area is 211 Å². The summed E-state index contributed by atoms with van der Waals surface area (Å²) < 4.78 is 0. The normalized spacial score (nSPS) is 23.9. The number of imide groups is 2. The number of carbonyl (C=O) groups excluding carboxylic acids is 4. The largest absolute Gasteiger partial charge is 0.289 e. The average Bonchev–Trinajstić information content (AvgIpc) is 3.32. The molecule has 0 radical (unpaired) electrons.